The second-order valence-corrected chi connectivity index (χ2v) is 4.61. The molecule has 0 amide bonds. The van der Waals surface area contributed by atoms with Crippen LogP contribution in [0.15, 0.2) is 33.5 Å². The van der Waals surface area contributed by atoms with Crippen LogP contribution in [0.2, 0.25) is 0 Å². The predicted molar refractivity (Wildman–Crippen MR) is 66.9 cm³/mol. The summed E-state index contributed by atoms with van der Waals surface area (Å²) in [7, 11) is 0. The number of rotatable bonds is 5. The van der Waals surface area contributed by atoms with Crippen molar-refractivity contribution in [2.45, 2.75) is 6.54 Å². The zero-order valence-corrected chi connectivity index (χ0v) is 9.70. The molecule has 16 heavy (non-hydrogen) atoms. The summed E-state index contributed by atoms with van der Waals surface area (Å²) in [5.41, 5.74) is 6.91. The summed E-state index contributed by atoms with van der Waals surface area (Å²) in [5, 5.41) is 0. The number of nitrogens with zero attached hydrogens (tertiary/aromatic N) is 1. The lowest BCUT2D eigenvalue weighted by Crippen LogP contribution is -2.16. The number of hydrogen-bond acceptors (Lipinski definition) is 4. The van der Waals surface area contributed by atoms with Crippen LogP contribution in [0.1, 0.15) is 0 Å². The van der Waals surface area contributed by atoms with E-state index < -0.39 is 0 Å². The highest BCUT2D eigenvalue weighted by atomic mass is 32.2. The zero-order chi connectivity index (χ0) is 11.4. The average Bonchev–Trinajstić information content (AvgIpc) is 2.61. The lowest BCUT2D eigenvalue weighted by molar-refractivity contribution is 0.514. The van der Waals surface area contributed by atoms with E-state index in [1.165, 1.54) is 0 Å². The molecule has 2 aromatic rings. The van der Waals surface area contributed by atoms with Crippen LogP contribution in [-0.2, 0) is 6.54 Å². The van der Waals surface area contributed by atoms with Crippen molar-refractivity contribution in [3.05, 3.63) is 34.8 Å². The van der Waals surface area contributed by atoms with Gasteiger partial charge >= 0.3 is 5.76 Å². The number of aromatic nitrogens is 1. The van der Waals surface area contributed by atoms with Gasteiger partial charge in [0.15, 0.2) is 5.58 Å². The molecule has 1 aromatic carbocycles. The van der Waals surface area contributed by atoms with E-state index in [9.17, 15) is 4.79 Å². The topological polar surface area (TPSA) is 61.2 Å². The quantitative estimate of drug-likeness (QED) is 0.797. The van der Waals surface area contributed by atoms with E-state index in [1.54, 1.807) is 22.4 Å². The van der Waals surface area contributed by atoms with Crippen LogP contribution in [0.4, 0.5) is 0 Å². The zero-order valence-electron chi connectivity index (χ0n) is 8.89. The van der Waals surface area contributed by atoms with E-state index in [4.69, 9.17) is 10.2 Å². The van der Waals surface area contributed by atoms with Crippen molar-refractivity contribution in [2.24, 2.45) is 5.73 Å². The van der Waals surface area contributed by atoms with Crippen molar-refractivity contribution in [1.82, 2.24) is 4.57 Å². The molecule has 2 rings (SSSR count). The summed E-state index contributed by atoms with van der Waals surface area (Å²) in [6, 6.07) is 7.47. The standard InChI is InChI=1S/C11H14N2O2S/c12-5-7-16-8-6-13-9-3-1-2-4-10(9)15-11(13)14/h1-4H,5-8,12H2. The van der Waals surface area contributed by atoms with Gasteiger partial charge in [-0.1, -0.05) is 12.1 Å². The van der Waals surface area contributed by atoms with Crippen molar-refractivity contribution in [1.29, 1.82) is 0 Å². The summed E-state index contributed by atoms with van der Waals surface area (Å²) in [5.74, 6) is 1.51. The number of para-hydroxylation sites is 2. The molecular formula is C11H14N2O2S. The molecule has 1 aromatic heterocycles. The van der Waals surface area contributed by atoms with Gasteiger partial charge in [-0.3, -0.25) is 4.57 Å². The van der Waals surface area contributed by atoms with Crippen LogP contribution >= 0.6 is 11.8 Å². The Morgan fingerprint density at radius 2 is 2.12 bits per heavy atom. The first-order valence-electron chi connectivity index (χ1n) is 5.19. The molecule has 4 nitrogen and oxygen atoms in total. The van der Waals surface area contributed by atoms with Gasteiger partial charge in [-0.15, -0.1) is 0 Å². The number of aryl methyl sites for hydroxylation is 1. The Morgan fingerprint density at radius 3 is 2.94 bits per heavy atom. The summed E-state index contributed by atoms with van der Waals surface area (Å²) < 4.78 is 6.80. The van der Waals surface area contributed by atoms with Gasteiger partial charge in [-0.25, -0.2) is 4.79 Å². The van der Waals surface area contributed by atoms with E-state index in [-0.39, 0.29) is 5.76 Å². The summed E-state index contributed by atoms with van der Waals surface area (Å²) in [4.78, 5) is 11.6. The molecule has 2 N–H and O–H groups in total. The third-order valence-corrected chi connectivity index (χ3v) is 3.29. The Morgan fingerprint density at radius 1 is 1.31 bits per heavy atom. The third kappa shape index (κ3) is 2.31. The van der Waals surface area contributed by atoms with Gasteiger partial charge in [0.1, 0.15) is 0 Å². The van der Waals surface area contributed by atoms with Gasteiger partial charge in [-0.2, -0.15) is 11.8 Å². The Bertz CT molecular complexity index is 518. The molecule has 0 fully saturated rings. The van der Waals surface area contributed by atoms with Crippen molar-refractivity contribution in [3.8, 4) is 0 Å². The van der Waals surface area contributed by atoms with Gasteiger partial charge in [0.25, 0.3) is 0 Å². The minimum absolute atomic E-state index is 0.283. The molecular weight excluding hydrogens is 224 g/mol. The smallest absolute Gasteiger partial charge is 0.408 e. The van der Waals surface area contributed by atoms with E-state index in [0.29, 0.717) is 18.7 Å². The number of hydrogen-bond donors (Lipinski definition) is 1. The van der Waals surface area contributed by atoms with Crippen molar-refractivity contribution < 1.29 is 4.42 Å². The maximum Gasteiger partial charge on any atom is 0.419 e. The molecule has 0 radical (unpaired) electrons. The van der Waals surface area contributed by atoms with Crippen LogP contribution in [-0.4, -0.2) is 22.6 Å². The molecule has 0 atom stereocenters. The summed E-state index contributed by atoms with van der Waals surface area (Å²) in [6.45, 7) is 1.34. The highest BCUT2D eigenvalue weighted by molar-refractivity contribution is 7.99. The molecule has 0 aliphatic carbocycles. The second kappa shape index (κ2) is 5.23. The molecule has 0 saturated heterocycles. The molecule has 86 valence electrons. The molecule has 0 spiro atoms. The van der Waals surface area contributed by atoms with Crippen LogP contribution in [0.5, 0.6) is 0 Å². The number of fused-ring (bicyclic) bond motifs is 1. The number of nitrogens with two attached hydrogens (primary N) is 1. The van der Waals surface area contributed by atoms with Crippen molar-refractivity contribution in [3.63, 3.8) is 0 Å². The van der Waals surface area contributed by atoms with E-state index in [0.717, 1.165) is 17.0 Å². The highest BCUT2D eigenvalue weighted by Gasteiger charge is 2.07. The number of benzene rings is 1. The predicted octanol–water partition coefficient (Wildman–Crippen LogP) is 1.29. The Kier molecular flexibility index (Phi) is 3.69. The van der Waals surface area contributed by atoms with Gasteiger partial charge < -0.3 is 10.2 Å². The molecule has 0 aliphatic heterocycles. The Hall–Kier alpha value is -1.20. The lowest BCUT2D eigenvalue weighted by atomic mass is 10.3. The largest absolute Gasteiger partial charge is 0.419 e. The minimum atomic E-state index is -0.283. The third-order valence-electron chi connectivity index (χ3n) is 2.30. The van der Waals surface area contributed by atoms with Gasteiger partial charge in [0.2, 0.25) is 0 Å². The van der Waals surface area contributed by atoms with Crippen LogP contribution in [0.3, 0.4) is 0 Å². The van der Waals surface area contributed by atoms with Gasteiger partial charge in [-0.05, 0) is 12.1 Å². The maximum absolute atomic E-state index is 11.6. The maximum atomic E-state index is 11.6. The van der Waals surface area contributed by atoms with E-state index in [1.807, 2.05) is 18.2 Å². The average molecular weight is 238 g/mol. The molecule has 0 aliphatic rings. The second-order valence-electron chi connectivity index (χ2n) is 3.39. The van der Waals surface area contributed by atoms with Crippen molar-refractivity contribution in [2.75, 3.05) is 18.1 Å². The van der Waals surface area contributed by atoms with Gasteiger partial charge in [0.05, 0.1) is 5.52 Å². The Balaban J connectivity index is 2.16. The monoisotopic (exact) mass is 238 g/mol. The van der Waals surface area contributed by atoms with E-state index >= 15 is 0 Å². The van der Waals surface area contributed by atoms with Crippen molar-refractivity contribution >= 4 is 22.9 Å². The molecule has 1 heterocycles. The van der Waals surface area contributed by atoms with E-state index in [2.05, 4.69) is 0 Å². The van der Waals surface area contributed by atoms with Gasteiger partial charge in [0, 0.05) is 24.6 Å². The SMILES string of the molecule is NCCSCCn1c(=O)oc2ccccc21. The first kappa shape index (κ1) is 11.3. The fourth-order valence-corrected chi connectivity index (χ4v) is 2.25. The number of thioether (sulfide) groups is 1. The summed E-state index contributed by atoms with van der Waals surface area (Å²) in [6.07, 6.45) is 0. The van der Waals surface area contributed by atoms with Crippen LogP contribution < -0.4 is 11.5 Å². The van der Waals surface area contributed by atoms with Crippen LogP contribution in [0, 0.1) is 0 Å². The molecule has 0 unspecified atom stereocenters. The van der Waals surface area contributed by atoms with Crippen LogP contribution in [0.25, 0.3) is 11.1 Å². The first-order valence-corrected chi connectivity index (χ1v) is 6.34. The molecule has 0 saturated carbocycles. The fraction of sp³-hybridized carbons (Fsp3) is 0.364. The highest BCUT2D eigenvalue weighted by Crippen LogP contribution is 2.12. The fourth-order valence-electron chi connectivity index (χ4n) is 1.57. The molecule has 0 bridgehead atoms. The molecule has 5 heteroatoms. The first-order chi connectivity index (χ1) is 7.83. The lowest BCUT2D eigenvalue weighted by Gasteiger charge is -2.01. The number of oxazole rings is 1. The summed E-state index contributed by atoms with van der Waals surface area (Å²) >= 11 is 1.74. The normalized spacial score (nSPS) is 11.1. The Labute approximate surface area is 97.4 Å². The minimum Gasteiger partial charge on any atom is -0.408 e.